The van der Waals surface area contributed by atoms with Gasteiger partial charge in [0.2, 0.25) is 5.88 Å². The number of hydrogen-bond acceptors (Lipinski definition) is 6. The molecule has 0 saturated heterocycles. The molecule has 19 heavy (non-hydrogen) atoms. The van der Waals surface area contributed by atoms with Crippen LogP contribution in [0.3, 0.4) is 0 Å². The van der Waals surface area contributed by atoms with E-state index in [1.165, 1.54) is 17.3 Å². The van der Waals surface area contributed by atoms with Crippen molar-refractivity contribution in [3.8, 4) is 5.88 Å². The van der Waals surface area contributed by atoms with E-state index in [0.29, 0.717) is 12.4 Å². The highest BCUT2D eigenvalue weighted by atomic mass is 32.1. The second-order valence-corrected chi connectivity index (χ2v) is 4.90. The van der Waals surface area contributed by atoms with Gasteiger partial charge in [-0.15, -0.1) is 4.37 Å². The topological polar surface area (TPSA) is 67.3 Å². The molecule has 0 aliphatic carbocycles. The van der Waals surface area contributed by atoms with Gasteiger partial charge < -0.3 is 15.2 Å². The standard InChI is InChI=1S/C13H17N3O2S/c1-9-4-3-5-12(10(9)2)14-6-11(17)8-18-13-7-15-19-16-13/h3-5,7,11,14,17H,6,8H2,1-2H3. The van der Waals surface area contributed by atoms with Crippen molar-refractivity contribution in [2.24, 2.45) is 0 Å². The molecule has 0 amide bonds. The molecular weight excluding hydrogens is 262 g/mol. The van der Waals surface area contributed by atoms with E-state index in [-0.39, 0.29) is 6.61 Å². The van der Waals surface area contributed by atoms with Crippen molar-refractivity contribution < 1.29 is 9.84 Å². The Hall–Kier alpha value is -1.66. The summed E-state index contributed by atoms with van der Waals surface area (Å²) in [6.07, 6.45) is 0.941. The van der Waals surface area contributed by atoms with Gasteiger partial charge in [-0.2, -0.15) is 4.37 Å². The normalized spacial score (nSPS) is 12.2. The first-order valence-corrected chi connectivity index (χ1v) is 6.78. The third-order valence-corrected chi connectivity index (χ3v) is 3.36. The predicted molar refractivity (Wildman–Crippen MR) is 75.8 cm³/mol. The first kappa shape index (κ1) is 13.8. The lowest BCUT2D eigenvalue weighted by atomic mass is 10.1. The van der Waals surface area contributed by atoms with Crippen molar-refractivity contribution >= 4 is 17.4 Å². The number of aliphatic hydroxyl groups excluding tert-OH is 1. The van der Waals surface area contributed by atoms with Crippen molar-refractivity contribution in [1.29, 1.82) is 0 Å². The quantitative estimate of drug-likeness (QED) is 0.846. The van der Waals surface area contributed by atoms with Gasteiger partial charge in [0.15, 0.2) is 0 Å². The molecule has 2 aromatic rings. The smallest absolute Gasteiger partial charge is 0.245 e. The van der Waals surface area contributed by atoms with E-state index >= 15 is 0 Å². The fourth-order valence-electron chi connectivity index (χ4n) is 1.63. The van der Waals surface area contributed by atoms with Gasteiger partial charge in [-0.25, -0.2) is 0 Å². The number of benzene rings is 1. The molecular formula is C13H17N3O2S. The molecule has 0 spiro atoms. The van der Waals surface area contributed by atoms with Gasteiger partial charge in [0, 0.05) is 12.2 Å². The number of anilines is 1. The van der Waals surface area contributed by atoms with E-state index in [1.807, 2.05) is 12.1 Å². The molecule has 2 N–H and O–H groups in total. The van der Waals surface area contributed by atoms with E-state index in [0.717, 1.165) is 17.4 Å². The molecule has 0 saturated carbocycles. The summed E-state index contributed by atoms with van der Waals surface area (Å²) in [6, 6.07) is 6.06. The number of aliphatic hydroxyl groups is 1. The zero-order valence-corrected chi connectivity index (χ0v) is 11.8. The van der Waals surface area contributed by atoms with Crippen LogP contribution < -0.4 is 10.1 Å². The van der Waals surface area contributed by atoms with Crippen LogP contribution >= 0.6 is 11.7 Å². The van der Waals surface area contributed by atoms with Crippen LogP contribution in [0.1, 0.15) is 11.1 Å². The molecule has 1 aromatic carbocycles. The maximum Gasteiger partial charge on any atom is 0.245 e. The summed E-state index contributed by atoms with van der Waals surface area (Å²) in [7, 11) is 0. The van der Waals surface area contributed by atoms with Crippen molar-refractivity contribution in [2.75, 3.05) is 18.5 Å². The molecule has 0 fully saturated rings. The van der Waals surface area contributed by atoms with Gasteiger partial charge in [0.05, 0.1) is 11.7 Å². The van der Waals surface area contributed by atoms with Gasteiger partial charge in [0.1, 0.15) is 18.9 Å². The first-order chi connectivity index (χ1) is 9.16. The Balaban J connectivity index is 1.80. The lowest BCUT2D eigenvalue weighted by molar-refractivity contribution is 0.115. The number of aromatic nitrogens is 2. The summed E-state index contributed by atoms with van der Waals surface area (Å²) >= 11 is 1.08. The Bertz CT molecular complexity index is 517. The van der Waals surface area contributed by atoms with Crippen LogP contribution in [0.5, 0.6) is 5.88 Å². The molecule has 102 valence electrons. The van der Waals surface area contributed by atoms with E-state index in [2.05, 4.69) is 34.0 Å². The molecule has 0 radical (unpaired) electrons. The largest absolute Gasteiger partial charge is 0.473 e. The number of ether oxygens (including phenoxy) is 1. The summed E-state index contributed by atoms with van der Waals surface area (Å²) in [5, 5.41) is 13.1. The SMILES string of the molecule is Cc1cccc(NCC(O)COc2cnsn2)c1C. The molecule has 5 nitrogen and oxygen atoms in total. The highest BCUT2D eigenvalue weighted by molar-refractivity contribution is 6.99. The fourth-order valence-corrected chi connectivity index (χ4v) is 2.00. The highest BCUT2D eigenvalue weighted by Gasteiger charge is 2.07. The number of hydrogen-bond donors (Lipinski definition) is 2. The van der Waals surface area contributed by atoms with Gasteiger partial charge >= 0.3 is 0 Å². The third kappa shape index (κ3) is 3.90. The predicted octanol–water partition coefficient (Wildman–Crippen LogP) is 2.01. The van der Waals surface area contributed by atoms with Crippen molar-refractivity contribution in [3.63, 3.8) is 0 Å². The monoisotopic (exact) mass is 279 g/mol. The van der Waals surface area contributed by atoms with Crippen LogP contribution in [-0.4, -0.2) is 33.1 Å². The second-order valence-electron chi connectivity index (χ2n) is 4.34. The second kappa shape index (κ2) is 6.49. The zero-order chi connectivity index (χ0) is 13.7. The van der Waals surface area contributed by atoms with Crippen LogP contribution in [0.4, 0.5) is 5.69 Å². The van der Waals surface area contributed by atoms with Gasteiger partial charge in [0.25, 0.3) is 0 Å². The Kier molecular flexibility index (Phi) is 4.70. The summed E-state index contributed by atoms with van der Waals surface area (Å²) in [6.45, 7) is 4.75. The fraction of sp³-hybridized carbons (Fsp3) is 0.385. The van der Waals surface area contributed by atoms with Crippen LogP contribution in [0.25, 0.3) is 0 Å². The van der Waals surface area contributed by atoms with Gasteiger partial charge in [-0.3, -0.25) is 0 Å². The van der Waals surface area contributed by atoms with E-state index < -0.39 is 6.10 Å². The summed E-state index contributed by atoms with van der Waals surface area (Å²) < 4.78 is 13.0. The number of nitrogens with one attached hydrogen (secondary N) is 1. The average Bonchev–Trinajstić information content (AvgIpc) is 2.91. The highest BCUT2D eigenvalue weighted by Crippen LogP contribution is 2.17. The Morgan fingerprint density at radius 1 is 1.42 bits per heavy atom. The molecule has 1 unspecified atom stereocenters. The van der Waals surface area contributed by atoms with Crippen molar-refractivity contribution in [1.82, 2.24) is 8.75 Å². The Labute approximate surface area is 116 Å². The lowest BCUT2D eigenvalue weighted by Crippen LogP contribution is -2.26. The van der Waals surface area contributed by atoms with Gasteiger partial charge in [-0.05, 0) is 31.0 Å². The van der Waals surface area contributed by atoms with Crippen LogP contribution in [0, 0.1) is 13.8 Å². The third-order valence-electron chi connectivity index (χ3n) is 2.90. The van der Waals surface area contributed by atoms with Crippen LogP contribution in [0.2, 0.25) is 0 Å². The number of aryl methyl sites for hydroxylation is 1. The maximum absolute atomic E-state index is 9.84. The molecule has 1 atom stereocenters. The van der Waals surface area contributed by atoms with Crippen LogP contribution in [-0.2, 0) is 0 Å². The maximum atomic E-state index is 9.84. The first-order valence-electron chi connectivity index (χ1n) is 6.05. The van der Waals surface area contributed by atoms with Gasteiger partial charge in [-0.1, -0.05) is 12.1 Å². The minimum atomic E-state index is -0.596. The van der Waals surface area contributed by atoms with E-state index in [9.17, 15) is 5.11 Å². The molecule has 6 heteroatoms. The van der Waals surface area contributed by atoms with E-state index in [1.54, 1.807) is 0 Å². The minimum absolute atomic E-state index is 0.198. The zero-order valence-electron chi connectivity index (χ0n) is 11.0. The molecule has 0 bridgehead atoms. The average molecular weight is 279 g/mol. The summed E-state index contributed by atoms with van der Waals surface area (Å²) in [5.74, 6) is 0.454. The number of rotatable bonds is 6. The molecule has 1 heterocycles. The Morgan fingerprint density at radius 3 is 3.00 bits per heavy atom. The summed E-state index contributed by atoms with van der Waals surface area (Å²) in [5.41, 5.74) is 3.46. The molecule has 2 rings (SSSR count). The Morgan fingerprint density at radius 2 is 2.26 bits per heavy atom. The summed E-state index contributed by atoms with van der Waals surface area (Å²) in [4.78, 5) is 0. The number of nitrogens with zero attached hydrogens (tertiary/aromatic N) is 2. The van der Waals surface area contributed by atoms with Crippen LogP contribution in [0.15, 0.2) is 24.4 Å². The molecule has 0 aliphatic rings. The molecule has 0 aliphatic heterocycles. The lowest BCUT2D eigenvalue weighted by Gasteiger charge is -2.15. The minimum Gasteiger partial charge on any atom is -0.473 e. The van der Waals surface area contributed by atoms with Crippen molar-refractivity contribution in [2.45, 2.75) is 20.0 Å². The molecule has 1 aromatic heterocycles. The van der Waals surface area contributed by atoms with E-state index in [4.69, 9.17) is 4.74 Å². The van der Waals surface area contributed by atoms with Crippen molar-refractivity contribution in [3.05, 3.63) is 35.5 Å².